The molecule has 1 aliphatic rings. The van der Waals surface area contributed by atoms with Gasteiger partial charge >= 0.3 is 0 Å². The van der Waals surface area contributed by atoms with Crippen LogP contribution in [0, 0.1) is 0 Å². The summed E-state index contributed by atoms with van der Waals surface area (Å²) in [6, 6.07) is 0. The van der Waals surface area contributed by atoms with Gasteiger partial charge in [0.25, 0.3) is 0 Å². The number of hydrogen-bond acceptors (Lipinski definition) is 6. The number of nitrogens with zero attached hydrogens (tertiary/aromatic N) is 6. The number of hydrogen-bond donors (Lipinski definition) is 1. The Morgan fingerprint density at radius 3 is 2.71 bits per heavy atom. The van der Waals surface area contributed by atoms with Crippen molar-refractivity contribution in [1.82, 2.24) is 24.6 Å². The third kappa shape index (κ3) is 2.98. The second-order valence-electron chi connectivity index (χ2n) is 5.53. The van der Waals surface area contributed by atoms with E-state index in [1.807, 2.05) is 13.2 Å². The quantitative estimate of drug-likeness (QED) is 0.794. The Bertz CT molecular complexity index is 586. The van der Waals surface area contributed by atoms with Crippen molar-refractivity contribution in [2.75, 3.05) is 44.2 Å². The van der Waals surface area contributed by atoms with E-state index >= 15 is 0 Å². The molecule has 3 heterocycles. The third-order valence-corrected chi connectivity index (χ3v) is 4.11. The van der Waals surface area contributed by atoms with Crippen LogP contribution in [-0.2, 0) is 7.05 Å². The van der Waals surface area contributed by atoms with Gasteiger partial charge in [0.2, 0.25) is 0 Å². The maximum absolute atomic E-state index is 5.55. The van der Waals surface area contributed by atoms with Gasteiger partial charge < -0.3 is 10.6 Å². The molecule has 2 N–H and O–H groups in total. The van der Waals surface area contributed by atoms with Gasteiger partial charge in [0, 0.05) is 33.2 Å². The smallest absolute Gasteiger partial charge is 0.163 e. The van der Waals surface area contributed by atoms with Gasteiger partial charge in [-0.05, 0) is 25.9 Å². The van der Waals surface area contributed by atoms with Crippen molar-refractivity contribution in [2.24, 2.45) is 12.8 Å². The lowest BCUT2D eigenvalue weighted by molar-refractivity contribution is 0.253. The predicted octanol–water partition coefficient (Wildman–Crippen LogP) is 0.224. The van der Waals surface area contributed by atoms with E-state index in [0.717, 1.165) is 62.5 Å². The zero-order valence-electron chi connectivity index (χ0n) is 12.6. The second kappa shape index (κ2) is 6.36. The lowest BCUT2D eigenvalue weighted by atomic mass is 10.2. The van der Waals surface area contributed by atoms with E-state index in [9.17, 15) is 0 Å². The summed E-state index contributed by atoms with van der Waals surface area (Å²) < 4.78 is 1.80. The largest absolute Gasteiger partial charge is 0.353 e. The fourth-order valence-corrected chi connectivity index (χ4v) is 2.86. The molecule has 0 aliphatic carbocycles. The Balaban J connectivity index is 1.66. The van der Waals surface area contributed by atoms with Gasteiger partial charge in [0.15, 0.2) is 5.65 Å². The highest BCUT2D eigenvalue weighted by molar-refractivity contribution is 5.86. The number of rotatable bonds is 5. The molecule has 0 atom stereocenters. The topological polar surface area (TPSA) is 76.1 Å². The van der Waals surface area contributed by atoms with Crippen LogP contribution in [-0.4, -0.2) is 63.9 Å². The number of fused-ring (bicyclic) bond motifs is 1. The summed E-state index contributed by atoms with van der Waals surface area (Å²) in [7, 11) is 1.91. The van der Waals surface area contributed by atoms with E-state index in [0.29, 0.717) is 0 Å². The Kier molecular flexibility index (Phi) is 4.31. The molecule has 1 aliphatic heterocycles. The third-order valence-electron chi connectivity index (χ3n) is 4.11. The van der Waals surface area contributed by atoms with Crippen LogP contribution in [0.1, 0.15) is 12.8 Å². The molecule has 21 heavy (non-hydrogen) atoms. The average molecular weight is 289 g/mol. The molecule has 1 saturated heterocycles. The van der Waals surface area contributed by atoms with Gasteiger partial charge in [0.1, 0.15) is 12.1 Å². The maximum Gasteiger partial charge on any atom is 0.163 e. The lowest BCUT2D eigenvalue weighted by Gasteiger charge is -2.35. The fourth-order valence-electron chi connectivity index (χ4n) is 2.86. The van der Waals surface area contributed by atoms with Gasteiger partial charge in [-0.3, -0.25) is 9.58 Å². The molecule has 0 bridgehead atoms. The minimum atomic E-state index is 0.792. The standard InChI is InChI=1S/C14H23N7/c1-19-13-12(10-18-19)14(17-11-16-13)21-8-6-20(7-9-21)5-3-2-4-15/h10-11H,2-9,15H2,1H3. The van der Waals surface area contributed by atoms with E-state index in [1.54, 1.807) is 11.0 Å². The summed E-state index contributed by atoms with van der Waals surface area (Å²) in [5.41, 5.74) is 6.44. The Labute approximate surface area is 124 Å². The molecular weight excluding hydrogens is 266 g/mol. The number of nitrogens with two attached hydrogens (primary N) is 1. The minimum absolute atomic E-state index is 0.792. The first-order valence-corrected chi connectivity index (χ1v) is 7.59. The molecule has 0 saturated carbocycles. The van der Waals surface area contributed by atoms with Crippen LogP contribution < -0.4 is 10.6 Å². The van der Waals surface area contributed by atoms with Gasteiger partial charge in [-0.25, -0.2) is 9.97 Å². The first kappa shape index (κ1) is 14.2. The van der Waals surface area contributed by atoms with Crippen molar-refractivity contribution in [3.8, 4) is 0 Å². The Morgan fingerprint density at radius 2 is 1.95 bits per heavy atom. The van der Waals surface area contributed by atoms with Crippen LogP contribution in [0.15, 0.2) is 12.5 Å². The zero-order chi connectivity index (χ0) is 14.7. The number of aryl methyl sites for hydroxylation is 1. The summed E-state index contributed by atoms with van der Waals surface area (Å²) in [5.74, 6) is 1.01. The number of aromatic nitrogens is 4. The molecule has 114 valence electrons. The molecule has 7 heteroatoms. The van der Waals surface area contributed by atoms with Crippen LogP contribution in [0.25, 0.3) is 11.0 Å². The monoisotopic (exact) mass is 289 g/mol. The number of piperazine rings is 1. The van der Waals surface area contributed by atoms with E-state index in [-0.39, 0.29) is 0 Å². The average Bonchev–Trinajstić information content (AvgIpc) is 2.90. The van der Waals surface area contributed by atoms with Crippen LogP contribution >= 0.6 is 0 Å². The predicted molar refractivity (Wildman–Crippen MR) is 83.2 cm³/mol. The molecule has 2 aromatic heterocycles. The Morgan fingerprint density at radius 1 is 1.14 bits per heavy atom. The second-order valence-corrected chi connectivity index (χ2v) is 5.53. The molecule has 2 aromatic rings. The van der Waals surface area contributed by atoms with Crippen LogP contribution in [0.3, 0.4) is 0 Å². The molecule has 0 spiro atoms. The highest BCUT2D eigenvalue weighted by Gasteiger charge is 2.20. The SMILES string of the molecule is Cn1ncc2c(N3CCN(CCCCN)CC3)ncnc21. The molecule has 0 aromatic carbocycles. The summed E-state index contributed by atoms with van der Waals surface area (Å²) in [5, 5.41) is 5.32. The van der Waals surface area contributed by atoms with E-state index in [2.05, 4.69) is 24.9 Å². The normalized spacial score (nSPS) is 16.8. The number of unbranched alkanes of at least 4 members (excludes halogenated alkanes) is 1. The Hall–Kier alpha value is -1.73. The van der Waals surface area contributed by atoms with Crippen LogP contribution in [0.5, 0.6) is 0 Å². The highest BCUT2D eigenvalue weighted by Crippen LogP contribution is 2.23. The van der Waals surface area contributed by atoms with Crippen molar-refractivity contribution < 1.29 is 0 Å². The lowest BCUT2D eigenvalue weighted by Crippen LogP contribution is -2.47. The van der Waals surface area contributed by atoms with Crippen molar-refractivity contribution in [3.05, 3.63) is 12.5 Å². The van der Waals surface area contributed by atoms with E-state index in [4.69, 9.17) is 5.73 Å². The molecule has 3 rings (SSSR count). The fraction of sp³-hybridized carbons (Fsp3) is 0.643. The van der Waals surface area contributed by atoms with Gasteiger partial charge in [-0.15, -0.1) is 0 Å². The highest BCUT2D eigenvalue weighted by atomic mass is 15.3. The molecule has 1 fully saturated rings. The maximum atomic E-state index is 5.55. The van der Waals surface area contributed by atoms with Crippen molar-refractivity contribution >= 4 is 16.9 Å². The first-order chi connectivity index (χ1) is 10.3. The van der Waals surface area contributed by atoms with Gasteiger partial charge in [0.05, 0.1) is 11.6 Å². The van der Waals surface area contributed by atoms with Crippen molar-refractivity contribution in [2.45, 2.75) is 12.8 Å². The molecule has 7 nitrogen and oxygen atoms in total. The van der Waals surface area contributed by atoms with Crippen LogP contribution in [0.2, 0.25) is 0 Å². The van der Waals surface area contributed by atoms with E-state index in [1.165, 1.54) is 6.42 Å². The van der Waals surface area contributed by atoms with Gasteiger partial charge in [-0.1, -0.05) is 0 Å². The van der Waals surface area contributed by atoms with Gasteiger partial charge in [-0.2, -0.15) is 5.10 Å². The molecule has 0 unspecified atom stereocenters. The summed E-state index contributed by atoms with van der Waals surface area (Å²) in [6.07, 6.45) is 5.80. The van der Waals surface area contributed by atoms with E-state index < -0.39 is 0 Å². The first-order valence-electron chi connectivity index (χ1n) is 7.59. The summed E-state index contributed by atoms with van der Waals surface area (Å²) in [4.78, 5) is 13.6. The van der Waals surface area contributed by atoms with Crippen LogP contribution in [0.4, 0.5) is 5.82 Å². The number of anilines is 1. The molecule has 0 radical (unpaired) electrons. The minimum Gasteiger partial charge on any atom is -0.353 e. The molecule has 0 amide bonds. The van der Waals surface area contributed by atoms with Crippen molar-refractivity contribution in [3.63, 3.8) is 0 Å². The summed E-state index contributed by atoms with van der Waals surface area (Å²) >= 11 is 0. The summed E-state index contributed by atoms with van der Waals surface area (Å²) in [6.45, 7) is 6.11. The van der Waals surface area contributed by atoms with Crippen molar-refractivity contribution in [1.29, 1.82) is 0 Å². The molecular formula is C14H23N7. The zero-order valence-corrected chi connectivity index (χ0v) is 12.6.